The lowest BCUT2D eigenvalue weighted by molar-refractivity contribution is 0.306. The topological polar surface area (TPSA) is 76.8 Å². The van der Waals surface area contributed by atoms with Gasteiger partial charge in [0.05, 0.1) is 12.6 Å². The molecule has 2 heterocycles. The van der Waals surface area contributed by atoms with Gasteiger partial charge in [-0.2, -0.15) is 4.98 Å². The van der Waals surface area contributed by atoms with Crippen LogP contribution in [0.25, 0.3) is 11.2 Å². The van der Waals surface area contributed by atoms with Crippen LogP contribution in [0.5, 0.6) is 5.88 Å². The van der Waals surface area contributed by atoms with Crippen molar-refractivity contribution in [1.82, 2.24) is 15.0 Å². The number of aromatic amines is 1. The van der Waals surface area contributed by atoms with E-state index in [1.54, 1.807) is 7.11 Å². The number of imidazole rings is 1. The number of hydrogen-bond donors (Lipinski definition) is 2. The maximum Gasteiger partial charge on any atom is 0.215 e. The molecule has 2 unspecified atom stereocenters. The third kappa shape index (κ3) is 2.30. The first-order valence-electron chi connectivity index (χ1n) is 6.92. The van der Waals surface area contributed by atoms with E-state index in [9.17, 15) is 0 Å². The number of rotatable bonds is 3. The van der Waals surface area contributed by atoms with Gasteiger partial charge in [-0.15, -0.1) is 0 Å². The number of aromatic nitrogens is 3. The van der Waals surface area contributed by atoms with E-state index in [1.165, 1.54) is 25.7 Å². The molecule has 1 fully saturated rings. The molecule has 1 saturated carbocycles. The van der Waals surface area contributed by atoms with Gasteiger partial charge in [0, 0.05) is 12.0 Å². The molecule has 1 aliphatic rings. The lowest BCUT2D eigenvalue weighted by Crippen LogP contribution is -2.25. The number of methoxy groups -OCH3 is 1. The Hall–Kier alpha value is -1.62. The molecule has 102 valence electrons. The fourth-order valence-corrected chi connectivity index (χ4v) is 3.03. The second-order valence-corrected chi connectivity index (χ2v) is 5.23. The second-order valence-electron chi connectivity index (χ2n) is 5.23. The van der Waals surface area contributed by atoms with Crippen LogP contribution in [0.4, 0.5) is 0 Å². The predicted molar refractivity (Wildman–Crippen MR) is 74.2 cm³/mol. The lowest BCUT2D eigenvalue weighted by Gasteiger charge is -2.28. The Morgan fingerprint density at radius 1 is 1.32 bits per heavy atom. The minimum absolute atomic E-state index is 0.443. The summed E-state index contributed by atoms with van der Waals surface area (Å²) in [5, 5.41) is 0. The molecule has 0 aromatic carbocycles. The zero-order valence-electron chi connectivity index (χ0n) is 11.2. The van der Waals surface area contributed by atoms with Gasteiger partial charge in [0.15, 0.2) is 5.65 Å². The zero-order chi connectivity index (χ0) is 13.2. The molecule has 0 aliphatic heterocycles. The van der Waals surface area contributed by atoms with Crippen LogP contribution >= 0.6 is 0 Å². The van der Waals surface area contributed by atoms with Gasteiger partial charge in [-0.25, -0.2) is 4.98 Å². The molecule has 0 spiro atoms. The first kappa shape index (κ1) is 12.4. The number of nitrogens with zero attached hydrogens (tertiary/aromatic N) is 2. The highest BCUT2D eigenvalue weighted by Gasteiger charge is 2.28. The fraction of sp³-hybridized carbons (Fsp3) is 0.571. The van der Waals surface area contributed by atoms with Crippen LogP contribution in [0.1, 0.15) is 37.4 Å². The SMILES string of the molecule is COc1ccc2[nH]c(C3CCCCC3CN)nc2n1. The van der Waals surface area contributed by atoms with Gasteiger partial charge < -0.3 is 15.5 Å². The summed E-state index contributed by atoms with van der Waals surface area (Å²) >= 11 is 0. The molecule has 5 nitrogen and oxygen atoms in total. The number of hydrogen-bond acceptors (Lipinski definition) is 4. The third-order valence-electron chi connectivity index (χ3n) is 4.11. The molecule has 3 rings (SSSR count). The Bertz CT molecular complexity index is 566. The molecular weight excluding hydrogens is 240 g/mol. The average Bonchev–Trinajstić information content (AvgIpc) is 2.89. The summed E-state index contributed by atoms with van der Waals surface area (Å²) in [4.78, 5) is 12.4. The summed E-state index contributed by atoms with van der Waals surface area (Å²) in [5.74, 6) is 2.62. The van der Waals surface area contributed by atoms with Gasteiger partial charge in [0.2, 0.25) is 5.88 Å². The van der Waals surface area contributed by atoms with Crippen molar-refractivity contribution in [2.24, 2.45) is 11.7 Å². The van der Waals surface area contributed by atoms with E-state index in [4.69, 9.17) is 10.5 Å². The summed E-state index contributed by atoms with van der Waals surface area (Å²) in [6, 6.07) is 3.82. The molecule has 0 saturated heterocycles. The summed E-state index contributed by atoms with van der Waals surface area (Å²) in [6.45, 7) is 0.735. The monoisotopic (exact) mass is 260 g/mol. The maximum absolute atomic E-state index is 5.89. The molecule has 2 aromatic heterocycles. The van der Waals surface area contributed by atoms with Crippen LogP contribution in [-0.4, -0.2) is 28.6 Å². The minimum atomic E-state index is 0.443. The van der Waals surface area contributed by atoms with Crippen molar-refractivity contribution in [3.05, 3.63) is 18.0 Å². The summed E-state index contributed by atoms with van der Waals surface area (Å²) in [5.41, 5.74) is 7.60. The molecule has 2 aromatic rings. The van der Waals surface area contributed by atoms with E-state index in [0.717, 1.165) is 23.5 Å². The van der Waals surface area contributed by atoms with E-state index in [-0.39, 0.29) is 0 Å². The van der Waals surface area contributed by atoms with Crippen LogP contribution in [0.2, 0.25) is 0 Å². The van der Waals surface area contributed by atoms with E-state index >= 15 is 0 Å². The van der Waals surface area contributed by atoms with Crippen LogP contribution in [0, 0.1) is 5.92 Å². The molecule has 0 bridgehead atoms. The van der Waals surface area contributed by atoms with Crippen molar-refractivity contribution in [3.8, 4) is 5.88 Å². The van der Waals surface area contributed by atoms with Crippen molar-refractivity contribution in [2.45, 2.75) is 31.6 Å². The Morgan fingerprint density at radius 2 is 2.16 bits per heavy atom. The highest BCUT2D eigenvalue weighted by Crippen LogP contribution is 2.36. The Kier molecular flexibility index (Phi) is 3.38. The normalized spacial score (nSPS) is 23.7. The first-order valence-corrected chi connectivity index (χ1v) is 6.92. The number of nitrogens with one attached hydrogen (secondary N) is 1. The fourth-order valence-electron chi connectivity index (χ4n) is 3.03. The standard InChI is InChI=1S/C14H20N4O/c1-19-12-7-6-11-14(17-12)18-13(16-11)10-5-3-2-4-9(10)8-15/h6-7,9-10H,2-5,8,15H2,1H3,(H,16,17,18). The van der Waals surface area contributed by atoms with Gasteiger partial charge in [0.25, 0.3) is 0 Å². The van der Waals surface area contributed by atoms with Crippen molar-refractivity contribution < 1.29 is 4.74 Å². The minimum Gasteiger partial charge on any atom is -0.481 e. The average molecular weight is 260 g/mol. The largest absolute Gasteiger partial charge is 0.481 e. The third-order valence-corrected chi connectivity index (χ3v) is 4.11. The summed E-state index contributed by atoms with van der Waals surface area (Å²) in [6.07, 6.45) is 4.91. The molecule has 3 N–H and O–H groups in total. The quantitative estimate of drug-likeness (QED) is 0.887. The van der Waals surface area contributed by atoms with Crippen LogP contribution in [0.15, 0.2) is 12.1 Å². The Balaban J connectivity index is 1.95. The molecule has 1 aliphatic carbocycles. The van der Waals surface area contributed by atoms with E-state index in [2.05, 4.69) is 15.0 Å². The number of fused-ring (bicyclic) bond motifs is 1. The lowest BCUT2D eigenvalue weighted by atomic mass is 9.79. The van der Waals surface area contributed by atoms with Gasteiger partial charge in [-0.05, 0) is 31.4 Å². The van der Waals surface area contributed by atoms with Gasteiger partial charge in [-0.1, -0.05) is 12.8 Å². The molecule has 2 atom stereocenters. The number of pyridine rings is 1. The van der Waals surface area contributed by atoms with Gasteiger partial charge in [-0.3, -0.25) is 0 Å². The van der Waals surface area contributed by atoms with Crippen LogP contribution in [0.3, 0.4) is 0 Å². The molecule has 5 heteroatoms. The zero-order valence-corrected chi connectivity index (χ0v) is 11.2. The Labute approximate surface area is 112 Å². The smallest absolute Gasteiger partial charge is 0.215 e. The van der Waals surface area contributed by atoms with E-state index < -0.39 is 0 Å². The number of ether oxygens (including phenoxy) is 1. The van der Waals surface area contributed by atoms with E-state index in [0.29, 0.717) is 17.7 Å². The van der Waals surface area contributed by atoms with Crippen molar-refractivity contribution >= 4 is 11.2 Å². The molecular formula is C14H20N4O. The van der Waals surface area contributed by atoms with Crippen molar-refractivity contribution in [1.29, 1.82) is 0 Å². The van der Waals surface area contributed by atoms with Crippen molar-refractivity contribution in [2.75, 3.05) is 13.7 Å². The summed E-state index contributed by atoms with van der Waals surface area (Å²) in [7, 11) is 1.62. The number of nitrogens with two attached hydrogens (primary N) is 1. The van der Waals surface area contributed by atoms with E-state index in [1.807, 2.05) is 12.1 Å². The second kappa shape index (κ2) is 5.17. The van der Waals surface area contributed by atoms with Gasteiger partial charge >= 0.3 is 0 Å². The van der Waals surface area contributed by atoms with Crippen LogP contribution in [-0.2, 0) is 0 Å². The Morgan fingerprint density at radius 3 is 2.95 bits per heavy atom. The van der Waals surface area contributed by atoms with Crippen molar-refractivity contribution in [3.63, 3.8) is 0 Å². The molecule has 0 amide bonds. The van der Waals surface area contributed by atoms with Gasteiger partial charge in [0.1, 0.15) is 5.82 Å². The summed E-state index contributed by atoms with van der Waals surface area (Å²) < 4.78 is 5.13. The predicted octanol–water partition coefficient (Wildman–Crippen LogP) is 2.20. The highest BCUT2D eigenvalue weighted by molar-refractivity contribution is 5.71. The maximum atomic E-state index is 5.89. The highest BCUT2D eigenvalue weighted by atomic mass is 16.5. The first-order chi connectivity index (χ1) is 9.31. The molecule has 19 heavy (non-hydrogen) atoms. The van der Waals surface area contributed by atoms with Crippen LogP contribution < -0.4 is 10.5 Å². The number of H-pyrrole nitrogens is 1. The molecule has 0 radical (unpaired) electrons.